The Bertz CT molecular complexity index is 698. The Labute approximate surface area is 148 Å². The molecule has 3 rings (SSSR count). The molecule has 1 aliphatic heterocycles. The van der Waals surface area contributed by atoms with Gasteiger partial charge in [-0.25, -0.2) is 0 Å². The van der Waals surface area contributed by atoms with E-state index in [1.807, 2.05) is 24.3 Å². The van der Waals surface area contributed by atoms with Crippen LogP contribution < -0.4 is 5.32 Å². The number of aryl methyl sites for hydroxylation is 1. The highest BCUT2D eigenvalue weighted by Crippen LogP contribution is 2.16. The average molecular weight is 343 g/mol. The van der Waals surface area contributed by atoms with Crippen LogP contribution in [0.25, 0.3) is 11.4 Å². The zero-order chi connectivity index (χ0) is 17.6. The summed E-state index contributed by atoms with van der Waals surface area (Å²) in [5.41, 5.74) is 1.95. The molecule has 0 spiro atoms. The number of likely N-dealkylation sites (N-methyl/N-ethyl adjacent to an activating group) is 1. The zero-order valence-corrected chi connectivity index (χ0v) is 14.9. The molecule has 2 heterocycles. The Balaban J connectivity index is 1.47. The number of carbonyl (C=O) groups excluding carboxylic acids is 1. The van der Waals surface area contributed by atoms with Crippen LogP contribution in [0.2, 0.25) is 0 Å². The number of hydrogen-bond acceptors (Lipinski definition) is 6. The van der Waals surface area contributed by atoms with Crippen LogP contribution >= 0.6 is 0 Å². The van der Waals surface area contributed by atoms with Gasteiger partial charge < -0.3 is 14.7 Å². The smallest absolute Gasteiger partial charge is 0.234 e. The van der Waals surface area contributed by atoms with Crippen molar-refractivity contribution in [1.82, 2.24) is 25.3 Å². The second kappa shape index (κ2) is 8.22. The largest absolute Gasteiger partial charge is 0.351 e. The van der Waals surface area contributed by atoms with Crippen LogP contribution in [-0.4, -0.2) is 65.6 Å². The van der Waals surface area contributed by atoms with E-state index in [2.05, 4.69) is 32.3 Å². The van der Waals surface area contributed by atoms with Crippen LogP contribution in [0.3, 0.4) is 0 Å². The highest BCUT2D eigenvalue weighted by Gasteiger charge is 2.14. The number of carbonyl (C=O) groups is 1. The Kier molecular flexibility index (Phi) is 5.78. The van der Waals surface area contributed by atoms with E-state index < -0.39 is 0 Å². The molecular formula is C18H25N5O2. The molecule has 134 valence electrons. The van der Waals surface area contributed by atoms with Gasteiger partial charge in [0, 0.05) is 32.1 Å². The lowest BCUT2D eigenvalue weighted by molar-refractivity contribution is -0.122. The van der Waals surface area contributed by atoms with E-state index in [0.717, 1.165) is 43.7 Å². The van der Waals surface area contributed by atoms with Gasteiger partial charge in [0.25, 0.3) is 0 Å². The van der Waals surface area contributed by atoms with Gasteiger partial charge in [0.2, 0.25) is 17.6 Å². The van der Waals surface area contributed by atoms with Crippen molar-refractivity contribution in [1.29, 1.82) is 0 Å². The molecule has 1 aliphatic rings. The van der Waals surface area contributed by atoms with Gasteiger partial charge in [-0.15, -0.1) is 0 Å². The highest BCUT2D eigenvalue weighted by atomic mass is 16.5. The second-order valence-electron chi connectivity index (χ2n) is 6.54. The van der Waals surface area contributed by atoms with E-state index in [1.165, 1.54) is 0 Å². The molecule has 1 fully saturated rings. The van der Waals surface area contributed by atoms with Gasteiger partial charge in [-0.2, -0.15) is 4.98 Å². The summed E-state index contributed by atoms with van der Waals surface area (Å²) >= 11 is 0. The normalized spacial score (nSPS) is 16.6. The summed E-state index contributed by atoms with van der Waals surface area (Å²) in [5.74, 6) is 1.20. The molecule has 25 heavy (non-hydrogen) atoms. The molecule has 1 amide bonds. The van der Waals surface area contributed by atoms with Crippen molar-refractivity contribution in [3.05, 3.63) is 35.7 Å². The van der Waals surface area contributed by atoms with Crippen LogP contribution in [0.4, 0.5) is 0 Å². The van der Waals surface area contributed by atoms with Gasteiger partial charge in [0.1, 0.15) is 0 Å². The van der Waals surface area contributed by atoms with Crippen molar-refractivity contribution in [3.63, 3.8) is 0 Å². The van der Waals surface area contributed by atoms with Crippen molar-refractivity contribution < 1.29 is 9.32 Å². The monoisotopic (exact) mass is 343 g/mol. The lowest BCUT2D eigenvalue weighted by Gasteiger charge is -2.19. The minimum absolute atomic E-state index is 0.0717. The fraction of sp³-hybridized carbons (Fsp3) is 0.500. The van der Waals surface area contributed by atoms with Crippen LogP contribution in [0.15, 0.2) is 28.8 Å². The number of aromatic nitrogens is 2. The van der Waals surface area contributed by atoms with E-state index in [-0.39, 0.29) is 5.91 Å². The summed E-state index contributed by atoms with van der Waals surface area (Å²) in [5, 5.41) is 6.90. The minimum Gasteiger partial charge on any atom is -0.351 e. The number of hydrogen-bond donors (Lipinski definition) is 1. The first-order chi connectivity index (χ1) is 12.1. The molecule has 1 aromatic carbocycles. The molecule has 0 saturated carbocycles. The maximum absolute atomic E-state index is 12.2. The maximum atomic E-state index is 12.2. The highest BCUT2D eigenvalue weighted by molar-refractivity contribution is 5.78. The van der Waals surface area contributed by atoms with E-state index in [0.29, 0.717) is 24.8 Å². The van der Waals surface area contributed by atoms with Crippen LogP contribution in [0.1, 0.15) is 17.9 Å². The third kappa shape index (κ3) is 5.11. The van der Waals surface area contributed by atoms with Gasteiger partial charge in [-0.05, 0) is 32.1 Å². The van der Waals surface area contributed by atoms with Gasteiger partial charge in [-0.1, -0.05) is 29.4 Å². The quantitative estimate of drug-likeness (QED) is 0.882. The molecule has 0 unspecified atom stereocenters. The predicted molar refractivity (Wildman–Crippen MR) is 94.9 cm³/mol. The van der Waals surface area contributed by atoms with E-state index in [9.17, 15) is 4.79 Å². The molecule has 7 nitrogen and oxygen atoms in total. The van der Waals surface area contributed by atoms with E-state index >= 15 is 0 Å². The first-order valence-corrected chi connectivity index (χ1v) is 8.67. The molecule has 0 radical (unpaired) electrons. The molecular weight excluding hydrogens is 318 g/mol. The summed E-state index contributed by atoms with van der Waals surface area (Å²) in [6.45, 7) is 6.81. The molecule has 1 N–H and O–H groups in total. The third-order valence-electron chi connectivity index (χ3n) is 4.41. The van der Waals surface area contributed by atoms with E-state index in [4.69, 9.17) is 4.52 Å². The fourth-order valence-corrected chi connectivity index (χ4v) is 2.91. The molecule has 0 atom stereocenters. The summed E-state index contributed by atoms with van der Waals surface area (Å²) < 4.78 is 4.99. The zero-order valence-electron chi connectivity index (χ0n) is 14.9. The van der Waals surface area contributed by atoms with Gasteiger partial charge in [-0.3, -0.25) is 9.69 Å². The molecule has 7 heteroatoms. The molecule has 0 bridgehead atoms. The summed E-state index contributed by atoms with van der Waals surface area (Å²) in [6.07, 6.45) is 1.11. The molecule has 2 aromatic rings. The standard InChI is InChI=1S/C18H25N5O2/c1-14-20-18(21-25-14)16-6-4-15(5-7-16)12-19-17(24)13-23-9-3-8-22(2)10-11-23/h4-7H,3,8-13H2,1-2H3,(H,19,24). The Morgan fingerprint density at radius 2 is 2.00 bits per heavy atom. The SMILES string of the molecule is Cc1nc(-c2ccc(CNC(=O)CN3CCCN(C)CC3)cc2)no1. The number of nitrogens with zero attached hydrogens (tertiary/aromatic N) is 4. The number of nitrogens with one attached hydrogen (secondary N) is 1. The average Bonchev–Trinajstić information content (AvgIpc) is 2.94. The van der Waals surface area contributed by atoms with Gasteiger partial charge in [0.15, 0.2) is 0 Å². The van der Waals surface area contributed by atoms with Gasteiger partial charge in [0.05, 0.1) is 6.54 Å². The Hall–Kier alpha value is -2.25. The Morgan fingerprint density at radius 3 is 2.72 bits per heavy atom. The van der Waals surface area contributed by atoms with Crippen molar-refractivity contribution in [2.24, 2.45) is 0 Å². The second-order valence-corrected chi connectivity index (χ2v) is 6.54. The Morgan fingerprint density at radius 1 is 1.20 bits per heavy atom. The van der Waals surface area contributed by atoms with Crippen LogP contribution in [0, 0.1) is 6.92 Å². The van der Waals surface area contributed by atoms with E-state index in [1.54, 1.807) is 6.92 Å². The number of benzene rings is 1. The van der Waals surface area contributed by atoms with Crippen molar-refractivity contribution in [2.75, 3.05) is 39.8 Å². The van der Waals surface area contributed by atoms with Crippen molar-refractivity contribution in [3.8, 4) is 11.4 Å². The summed E-state index contributed by atoms with van der Waals surface area (Å²) in [7, 11) is 2.13. The maximum Gasteiger partial charge on any atom is 0.234 e. The lowest BCUT2D eigenvalue weighted by Crippen LogP contribution is -2.38. The summed E-state index contributed by atoms with van der Waals surface area (Å²) in [6, 6.07) is 7.83. The molecule has 0 aliphatic carbocycles. The summed E-state index contributed by atoms with van der Waals surface area (Å²) in [4.78, 5) is 20.9. The predicted octanol–water partition coefficient (Wildman–Crippen LogP) is 1.30. The fourth-order valence-electron chi connectivity index (χ4n) is 2.91. The van der Waals surface area contributed by atoms with Crippen LogP contribution in [-0.2, 0) is 11.3 Å². The van der Waals surface area contributed by atoms with Crippen molar-refractivity contribution in [2.45, 2.75) is 19.9 Å². The molecule has 1 aromatic heterocycles. The first-order valence-electron chi connectivity index (χ1n) is 8.67. The van der Waals surface area contributed by atoms with Crippen molar-refractivity contribution >= 4 is 5.91 Å². The van der Waals surface area contributed by atoms with Gasteiger partial charge >= 0.3 is 0 Å². The minimum atomic E-state index is 0.0717. The molecule has 1 saturated heterocycles. The lowest BCUT2D eigenvalue weighted by atomic mass is 10.1. The number of rotatable bonds is 5. The number of amides is 1. The topological polar surface area (TPSA) is 74.5 Å². The third-order valence-corrected chi connectivity index (χ3v) is 4.41. The first kappa shape index (κ1) is 17.6. The van der Waals surface area contributed by atoms with Crippen LogP contribution in [0.5, 0.6) is 0 Å².